The number of hydrogen-bond acceptors (Lipinski definition) is 6. The fourth-order valence-electron chi connectivity index (χ4n) is 8.01. The molecule has 6 atom stereocenters. The van der Waals surface area contributed by atoms with E-state index in [1.165, 1.54) is 0 Å². The van der Waals surface area contributed by atoms with Crippen LogP contribution in [0.15, 0.2) is 18.3 Å². The Morgan fingerprint density at radius 1 is 1.15 bits per heavy atom. The molecule has 8 nitrogen and oxygen atoms in total. The topological polar surface area (TPSA) is 113 Å². The second kappa shape index (κ2) is 7.34. The molecule has 0 radical (unpaired) electrons. The van der Waals surface area contributed by atoms with E-state index in [1.807, 2.05) is 11.0 Å². The maximum atomic E-state index is 13.3. The van der Waals surface area contributed by atoms with Crippen LogP contribution < -0.4 is 10.6 Å². The summed E-state index contributed by atoms with van der Waals surface area (Å²) in [7, 11) is 0. The summed E-state index contributed by atoms with van der Waals surface area (Å²) < 4.78 is 6.17. The molecule has 1 aromatic heterocycles. The van der Waals surface area contributed by atoms with Crippen molar-refractivity contribution in [2.75, 3.05) is 24.5 Å². The number of primary amides is 1. The van der Waals surface area contributed by atoms with Crippen molar-refractivity contribution in [3.05, 3.63) is 23.9 Å². The van der Waals surface area contributed by atoms with Crippen LogP contribution in [0.25, 0.3) is 0 Å². The van der Waals surface area contributed by atoms with E-state index in [2.05, 4.69) is 16.0 Å². The molecule has 3 heterocycles. The predicted octanol–water partition coefficient (Wildman–Crippen LogP) is 2.81. The Morgan fingerprint density at radius 2 is 1.94 bits per heavy atom. The number of hydrogen-bond donors (Lipinski definition) is 1. The van der Waals surface area contributed by atoms with E-state index in [9.17, 15) is 9.59 Å². The van der Waals surface area contributed by atoms with Crippen LogP contribution in [0.4, 0.5) is 10.6 Å². The number of pyridine rings is 1. The van der Waals surface area contributed by atoms with Crippen LogP contribution in [0.1, 0.15) is 56.9 Å². The van der Waals surface area contributed by atoms with Crippen LogP contribution >= 0.6 is 0 Å². The summed E-state index contributed by atoms with van der Waals surface area (Å²) in [6.07, 6.45) is 8.87. The van der Waals surface area contributed by atoms with Crippen LogP contribution in [-0.4, -0.2) is 53.2 Å². The SMILES string of the molecule is N#Cc1ccc(N2CCCC23CCN(C(=O)OC2C4CC5C[C@H]2C[C@@](C(N)=O)(C5)C4)C3)nc1. The van der Waals surface area contributed by atoms with E-state index in [0.717, 1.165) is 63.7 Å². The Kier molecular flexibility index (Phi) is 4.62. The summed E-state index contributed by atoms with van der Waals surface area (Å²) in [5, 5.41) is 9.06. The number of rotatable bonds is 3. The van der Waals surface area contributed by atoms with Gasteiger partial charge in [-0.2, -0.15) is 5.26 Å². The molecule has 2 N–H and O–H groups in total. The van der Waals surface area contributed by atoms with Gasteiger partial charge in [0, 0.05) is 25.8 Å². The fraction of sp³-hybridized carbons (Fsp3) is 0.680. The van der Waals surface area contributed by atoms with E-state index in [1.54, 1.807) is 12.3 Å². The molecule has 4 bridgehead atoms. The van der Waals surface area contributed by atoms with Crippen molar-refractivity contribution < 1.29 is 14.3 Å². The summed E-state index contributed by atoms with van der Waals surface area (Å²) in [5.41, 5.74) is 5.88. The highest BCUT2D eigenvalue weighted by molar-refractivity contribution is 5.81. The first kappa shape index (κ1) is 20.8. The van der Waals surface area contributed by atoms with Crippen molar-refractivity contribution in [3.8, 4) is 6.07 Å². The van der Waals surface area contributed by atoms with Crippen molar-refractivity contribution in [2.24, 2.45) is 28.9 Å². The van der Waals surface area contributed by atoms with Gasteiger partial charge in [-0.05, 0) is 81.3 Å². The molecule has 2 amide bonds. The number of carbonyl (C=O) groups excluding carboxylic acids is 2. The number of amides is 2. The minimum Gasteiger partial charge on any atom is -0.446 e. The van der Waals surface area contributed by atoms with E-state index in [-0.39, 0.29) is 40.9 Å². The van der Waals surface area contributed by atoms with Gasteiger partial charge in [-0.25, -0.2) is 9.78 Å². The number of likely N-dealkylation sites (tertiary alicyclic amines) is 1. The first-order valence-electron chi connectivity index (χ1n) is 12.3. The Morgan fingerprint density at radius 3 is 2.61 bits per heavy atom. The van der Waals surface area contributed by atoms with Gasteiger partial charge in [0.1, 0.15) is 18.0 Å². The second-order valence-corrected chi connectivity index (χ2v) is 11.1. The lowest BCUT2D eigenvalue weighted by atomic mass is 9.48. The molecule has 0 aromatic carbocycles. The number of carbonyl (C=O) groups is 2. The van der Waals surface area contributed by atoms with Gasteiger partial charge in [0.15, 0.2) is 0 Å². The Bertz CT molecular complexity index is 1000. The van der Waals surface area contributed by atoms with E-state index < -0.39 is 0 Å². The lowest BCUT2D eigenvalue weighted by Crippen LogP contribution is -2.59. The number of nitriles is 1. The van der Waals surface area contributed by atoms with Gasteiger partial charge in [-0.3, -0.25) is 4.79 Å². The van der Waals surface area contributed by atoms with Crippen molar-refractivity contribution in [2.45, 2.75) is 63.0 Å². The molecule has 6 aliphatic rings. The summed E-state index contributed by atoms with van der Waals surface area (Å²) >= 11 is 0. The first-order valence-corrected chi connectivity index (χ1v) is 12.3. The molecule has 33 heavy (non-hydrogen) atoms. The third kappa shape index (κ3) is 3.19. The molecular weight excluding hydrogens is 418 g/mol. The lowest BCUT2D eigenvalue weighted by molar-refractivity contribution is -0.161. The van der Waals surface area contributed by atoms with Gasteiger partial charge in [-0.1, -0.05) is 0 Å². The zero-order valence-corrected chi connectivity index (χ0v) is 18.9. The van der Waals surface area contributed by atoms with Gasteiger partial charge < -0.3 is 20.3 Å². The molecule has 4 unspecified atom stereocenters. The molecule has 1 aromatic rings. The summed E-state index contributed by atoms with van der Waals surface area (Å²) in [4.78, 5) is 34.2. The minimum absolute atomic E-state index is 0.0852. The van der Waals surface area contributed by atoms with Crippen molar-refractivity contribution in [1.82, 2.24) is 9.88 Å². The summed E-state index contributed by atoms with van der Waals surface area (Å²) in [6.45, 7) is 2.23. The monoisotopic (exact) mass is 449 g/mol. The third-order valence-electron chi connectivity index (χ3n) is 9.29. The van der Waals surface area contributed by atoms with Gasteiger partial charge in [-0.15, -0.1) is 0 Å². The first-order chi connectivity index (χ1) is 15.9. The van der Waals surface area contributed by atoms with Gasteiger partial charge in [0.05, 0.1) is 16.5 Å². The predicted molar refractivity (Wildman–Crippen MR) is 120 cm³/mol. The zero-order chi connectivity index (χ0) is 22.8. The number of ether oxygens (including phenoxy) is 1. The van der Waals surface area contributed by atoms with Crippen LogP contribution in [0.3, 0.4) is 0 Å². The summed E-state index contributed by atoms with van der Waals surface area (Å²) in [5.74, 6) is 1.78. The quantitative estimate of drug-likeness (QED) is 0.759. The van der Waals surface area contributed by atoms with Gasteiger partial charge in [0.2, 0.25) is 5.91 Å². The normalized spacial score (nSPS) is 38.6. The second-order valence-electron chi connectivity index (χ2n) is 11.1. The highest BCUT2D eigenvalue weighted by Gasteiger charge is 2.59. The van der Waals surface area contributed by atoms with E-state index in [4.69, 9.17) is 15.7 Å². The van der Waals surface area contributed by atoms with Gasteiger partial charge >= 0.3 is 6.09 Å². The van der Waals surface area contributed by atoms with Crippen LogP contribution in [-0.2, 0) is 9.53 Å². The molecule has 4 saturated carbocycles. The molecule has 8 heteroatoms. The molecule has 174 valence electrons. The van der Waals surface area contributed by atoms with Crippen LogP contribution in [0.5, 0.6) is 0 Å². The molecule has 2 saturated heterocycles. The summed E-state index contributed by atoms with van der Waals surface area (Å²) in [6, 6.07) is 5.84. The highest BCUT2D eigenvalue weighted by Crippen LogP contribution is 2.60. The highest BCUT2D eigenvalue weighted by atomic mass is 16.6. The third-order valence-corrected chi connectivity index (χ3v) is 9.29. The Hall–Kier alpha value is -2.82. The Balaban J connectivity index is 1.14. The number of nitrogens with two attached hydrogens (primary N) is 1. The maximum Gasteiger partial charge on any atom is 0.410 e. The lowest BCUT2D eigenvalue weighted by Gasteiger charge is -2.58. The molecule has 6 fully saturated rings. The van der Waals surface area contributed by atoms with E-state index >= 15 is 0 Å². The molecule has 2 aliphatic heterocycles. The number of anilines is 1. The average molecular weight is 450 g/mol. The number of nitrogens with zero attached hydrogens (tertiary/aromatic N) is 4. The molecular formula is C25H31N5O3. The maximum absolute atomic E-state index is 13.3. The average Bonchev–Trinajstić information content (AvgIpc) is 3.43. The smallest absolute Gasteiger partial charge is 0.410 e. The van der Waals surface area contributed by atoms with Gasteiger partial charge in [0.25, 0.3) is 0 Å². The fourth-order valence-corrected chi connectivity index (χ4v) is 8.01. The molecule has 7 rings (SSSR count). The van der Waals surface area contributed by atoms with Crippen LogP contribution in [0, 0.1) is 34.5 Å². The van der Waals surface area contributed by atoms with Crippen molar-refractivity contribution in [3.63, 3.8) is 0 Å². The van der Waals surface area contributed by atoms with Crippen molar-refractivity contribution >= 4 is 17.8 Å². The minimum atomic E-state index is -0.366. The molecule has 1 spiro atoms. The van der Waals surface area contributed by atoms with Crippen LogP contribution in [0.2, 0.25) is 0 Å². The Labute approximate surface area is 194 Å². The van der Waals surface area contributed by atoms with Crippen molar-refractivity contribution in [1.29, 1.82) is 5.26 Å². The standard InChI is InChI=1S/C25H31N5O3/c26-13-16-2-3-20(28-14-16)30-6-1-4-25(30)5-7-29(15-25)23(32)33-21-18-8-17-9-19(21)12-24(10-17,11-18)22(27)31/h2-3,14,17-19,21H,1,4-12,15H2,(H2,27,31)/t17?,18-,19?,21?,24-,25?/m0/s1. The molecule has 4 aliphatic carbocycles. The zero-order valence-electron chi connectivity index (χ0n) is 18.9. The number of aromatic nitrogens is 1. The largest absolute Gasteiger partial charge is 0.446 e. The van der Waals surface area contributed by atoms with E-state index in [0.29, 0.717) is 24.6 Å².